The van der Waals surface area contributed by atoms with Gasteiger partial charge in [0.1, 0.15) is 11.5 Å². The minimum Gasteiger partial charge on any atom is -0.495 e. The fourth-order valence-electron chi connectivity index (χ4n) is 1.67. The van der Waals surface area contributed by atoms with E-state index in [1.165, 1.54) is 7.11 Å². The summed E-state index contributed by atoms with van der Waals surface area (Å²) in [5.41, 5.74) is 6.83. The molecule has 0 unspecified atom stereocenters. The number of hydrogen-bond donors (Lipinski definition) is 2. The van der Waals surface area contributed by atoms with Gasteiger partial charge in [-0.15, -0.1) is 0 Å². The summed E-state index contributed by atoms with van der Waals surface area (Å²) in [6.45, 7) is 1.96. The number of benzene rings is 1. The fraction of sp³-hybridized carbons (Fsp3) is 0.214. The molecule has 3 N–H and O–H groups in total. The maximum atomic E-state index is 12.0. The number of nitrogens with two attached hydrogens (primary N) is 1. The summed E-state index contributed by atoms with van der Waals surface area (Å²) in [5.74, 6) is 1.28. The second-order valence-electron chi connectivity index (χ2n) is 4.03. The Hall–Kier alpha value is -2.43. The molecule has 0 aliphatic carbocycles. The number of hydrogen-bond acceptors (Lipinski definition) is 4. The van der Waals surface area contributed by atoms with Crippen LogP contribution in [0.4, 0.5) is 11.4 Å². The molecule has 0 bridgehead atoms. The van der Waals surface area contributed by atoms with Crippen molar-refractivity contribution in [1.29, 1.82) is 0 Å². The number of methoxy groups -OCH3 is 1. The second kappa shape index (κ2) is 5.48. The smallest absolute Gasteiger partial charge is 0.291 e. The molecule has 2 aromatic rings. The number of furan rings is 1. The molecule has 5 heteroatoms. The van der Waals surface area contributed by atoms with Crippen LogP contribution in [0, 0.1) is 0 Å². The third-order valence-corrected chi connectivity index (χ3v) is 2.73. The standard InChI is InChI=1S/C14H16N2O3/c1-3-10-5-7-12(19-10)14(17)16-9-4-6-11(15)13(8-9)18-2/h4-8H,3,15H2,1-2H3,(H,16,17). The summed E-state index contributed by atoms with van der Waals surface area (Å²) in [6.07, 6.45) is 0.753. The largest absolute Gasteiger partial charge is 0.495 e. The molecule has 1 amide bonds. The molecule has 5 nitrogen and oxygen atoms in total. The van der Waals surface area contributed by atoms with Crippen LogP contribution in [0.2, 0.25) is 0 Å². The van der Waals surface area contributed by atoms with Crippen LogP contribution in [0.3, 0.4) is 0 Å². The van der Waals surface area contributed by atoms with E-state index in [9.17, 15) is 4.79 Å². The number of carbonyl (C=O) groups excluding carboxylic acids is 1. The van der Waals surface area contributed by atoms with Crippen LogP contribution < -0.4 is 15.8 Å². The van der Waals surface area contributed by atoms with E-state index in [-0.39, 0.29) is 11.7 Å². The van der Waals surface area contributed by atoms with Gasteiger partial charge in [-0.1, -0.05) is 6.92 Å². The molecular weight excluding hydrogens is 244 g/mol. The van der Waals surface area contributed by atoms with Gasteiger partial charge in [0.15, 0.2) is 5.76 Å². The van der Waals surface area contributed by atoms with Gasteiger partial charge >= 0.3 is 0 Å². The summed E-state index contributed by atoms with van der Waals surface area (Å²) >= 11 is 0. The highest BCUT2D eigenvalue weighted by Crippen LogP contribution is 2.25. The van der Waals surface area contributed by atoms with Crippen molar-refractivity contribution in [1.82, 2.24) is 0 Å². The van der Waals surface area contributed by atoms with Crippen molar-refractivity contribution in [2.75, 3.05) is 18.2 Å². The highest BCUT2D eigenvalue weighted by molar-refractivity contribution is 6.02. The number of rotatable bonds is 4. The quantitative estimate of drug-likeness (QED) is 0.828. The number of anilines is 2. The van der Waals surface area contributed by atoms with Gasteiger partial charge in [-0.3, -0.25) is 4.79 Å². The van der Waals surface area contributed by atoms with Gasteiger partial charge < -0.3 is 20.2 Å². The molecule has 0 saturated heterocycles. The number of carbonyl (C=O) groups is 1. The molecule has 1 aromatic carbocycles. The van der Waals surface area contributed by atoms with E-state index < -0.39 is 0 Å². The van der Waals surface area contributed by atoms with Gasteiger partial charge in [0.2, 0.25) is 0 Å². The van der Waals surface area contributed by atoms with E-state index in [4.69, 9.17) is 14.9 Å². The number of nitrogen functional groups attached to an aromatic ring is 1. The van der Waals surface area contributed by atoms with E-state index in [2.05, 4.69) is 5.32 Å². The zero-order valence-corrected chi connectivity index (χ0v) is 10.9. The van der Waals surface area contributed by atoms with Crippen LogP contribution in [0.15, 0.2) is 34.7 Å². The Balaban J connectivity index is 2.14. The minimum atomic E-state index is -0.300. The molecule has 0 fully saturated rings. The number of ether oxygens (including phenoxy) is 1. The van der Waals surface area contributed by atoms with Crippen molar-refractivity contribution in [3.8, 4) is 5.75 Å². The molecule has 0 radical (unpaired) electrons. The Bertz CT molecular complexity index is 590. The highest BCUT2D eigenvalue weighted by Gasteiger charge is 2.11. The van der Waals surface area contributed by atoms with Gasteiger partial charge in [0, 0.05) is 18.2 Å². The van der Waals surface area contributed by atoms with Crippen molar-refractivity contribution < 1.29 is 13.9 Å². The summed E-state index contributed by atoms with van der Waals surface area (Å²) in [7, 11) is 1.53. The molecule has 19 heavy (non-hydrogen) atoms. The first kappa shape index (κ1) is 13.0. The molecule has 0 aliphatic rings. The maximum Gasteiger partial charge on any atom is 0.291 e. The fourth-order valence-corrected chi connectivity index (χ4v) is 1.67. The Morgan fingerprint density at radius 3 is 2.79 bits per heavy atom. The van der Waals surface area contributed by atoms with Gasteiger partial charge in [0.25, 0.3) is 5.91 Å². The molecule has 0 saturated carbocycles. The monoisotopic (exact) mass is 260 g/mol. The lowest BCUT2D eigenvalue weighted by Gasteiger charge is -2.08. The van der Waals surface area contributed by atoms with E-state index in [1.54, 1.807) is 30.3 Å². The van der Waals surface area contributed by atoms with E-state index in [1.807, 2.05) is 6.92 Å². The van der Waals surface area contributed by atoms with Crippen molar-refractivity contribution in [3.05, 3.63) is 41.9 Å². The first-order valence-electron chi connectivity index (χ1n) is 5.97. The molecule has 0 spiro atoms. The highest BCUT2D eigenvalue weighted by atomic mass is 16.5. The van der Waals surface area contributed by atoms with Crippen molar-refractivity contribution >= 4 is 17.3 Å². The predicted molar refractivity (Wildman–Crippen MR) is 73.4 cm³/mol. The third-order valence-electron chi connectivity index (χ3n) is 2.73. The molecule has 0 atom stereocenters. The normalized spacial score (nSPS) is 10.2. The lowest BCUT2D eigenvalue weighted by atomic mass is 10.2. The maximum absolute atomic E-state index is 12.0. The Kier molecular flexibility index (Phi) is 3.75. The first-order chi connectivity index (χ1) is 9.13. The van der Waals surface area contributed by atoms with Crippen LogP contribution in [0.5, 0.6) is 5.75 Å². The lowest BCUT2D eigenvalue weighted by molar-refractivity contribution is 0.0995. The van der Waals surface area contributed by atoms with Crippen LogP contribution in [-0.2, 0) is 6.42 Å². The Morgan fingerprint density at radius 1 is 1.37 bits per heavy atom. The van der Waals surface area contributed by atoms with Gasteiger partial charge in [-0.2, -0.15) is 0 Å². The van der Waals surface area contributed by atoms with E-state index in [0.29, 0.717) is 17.1 Å². The summed E-state index contributed by atoms with van der Waals surface area (Å²) in [5, 5.41) is 2.73. The minimum absolute atomic E-state index is 0.285. The van der Waals surface area contributed by atoms with Crippen LogP contribution in [-0.4, -0.2) is 13.0 Å². The number of aryl methyl sites for hydroxylation is 1. The van der Waals surface area contributed by atoms with Crippen molar-refractivity contribution in [2.45, 2.75) is 13.3 Å². The van der Waals surface area contributed by atoms with E-state index in [0.717, 1.165) is 12.2 Å². The van der Waals surface area contributed by atoms with Gasteiger partial charge in [-0.05, 0) is 24.3 Å². The average molecular weight is 260 g/mol. The van der Waals surface area contributed by atoms with Crippen molar-refractivity contribution in [3.63, 3.8) is 0 Å². The molecule has 1 aromatic heterocycles. The van der Waals surface area contributed by atoms with Crippen LogP contribution in [0.25, 0.3) is 0 Å². The molecular formula is C14H16N2O3. The third kappa shape index (κ3) is 2.88. The second-order valence-corrected chi connectivity index (χ2v) is 4.03. The van der Waals surface area contributed by atoms with Crippen LogP contribution >= 0.6 is 0 Å². The molecule has 0 aliphatic heterocycles. The zero-order valence-electron chi connectivity index (χ0n) is 10.9. The van der Waals surface area contributed by atoms with Gasteiger partial charge in [-0.25, -0.2) is 0 Å². The Labute approximate surface area is 111 Å². The predicted octanol–water partition coefficient (Wildman–Crippen LogP) is 2.69. The van der Waals surface area contributed by atoms with Crippen LogP contribution in [0.1, 0.15) is 23.2 Å². The molecule has 2 rings (SSSR count). The molecule has 1 heterocycles. The summed E-state index contributed by atoms with van der Waals surface area (Å²) < 4.78 is 10.5. The Morgan fingerprint density at radius 2 is 2.16 bits per heavy atom. The molecule has 100 valence electrons. The zero-order chi connectivity index (χ0) is 13.8. The summed E-state index contributed by atoms with van der Waals surface area (Å²) in [6, 6.07) is 8.49. The SMILES string of the molecule is CCc1ccc(C(=O)Nc2ccc(N)c(OC)c2)o1. The van der Waals surface area contributed by atoms with Crippen molar-refractivity contribution in [2.24, 2.45) is 0 Å². The topological polar surface area (TPSA) is 77.5 Å². The lowest BCUT2D eigenvalue weighted by Crippen LogP contribution is -2.11. The average Bonchev–Trinajstić information content (AvgIpc) is 2.90. The van der Waals surface area contributed by atoms with Gasteiger partial charge in [0.05, 0.1) is 12.8 Å². The van der Waals surface area contributed by atoms with E-state index >= 15 is 0 Å². The number of amides is 1. The summed E-state index contributed by atoms with van der Waals surface area (Å²) in [4.78, 5) is 12.0. The first-order valence-corrected chi connectivity index (χ1v) is 5.97. The number of nitrogens with one attached hydrogen (secondary N) is 1.